The minimum atomic E-state index is 0.0131. The zero-order chi connectivity index (χ0) is 20.5. The number of ether oxygens (including phenoxy) is 2. The summed E-state index contributed by atoms with van der Waals surface area (Å²) in [5.41, 5.74) is 0.641. The molecule has 1 fully saturated rings. The second-order valence-corrected chi connectivity index (χ2v) is 8.09. The standard InChI is InChI=1S/C21H27N5O4/c27-20(16-5-6-17-18(14-16)30-15-29-17)24-8-3-7-23(10-12-24)11-13-26-21(28)25-9-2-1-4-19(25)22-26/h5-6,14H,1-4,7-13,15H2. The van der Waals surface area contributed by atoms with Crippen LogP contribution >= 0.6 is 0 Å². The smallest absolute Gasteiger partial charge is 0.345 e. The molecule has 160 valence electrons. The van der Waals surface area contributed by atoms with E-state index in [1.54, 1.807) is 22.9 Å². The minimum Gasteiger partial charge on any atom is -0.454 e. The van der Waals surface area contributed by atoms with Crippen LogP contribution in [0.1, 0.15) is 35.4 Å². The lowest BCUT2D eigenvalue weighted by molar-refractivity contribution is 0.0760. The molecule has 1 aromatic carbocycles. The molecule has 0 unspecified atom stereocenters. The molecule has 0 atom stereocenters. The van der Waals surface area contributed by atoms with Crippen molar-refractivity contribution in [3.63, 3.8) is 0 Å². The quantitative estimate of drug-likeness (QED) is 0.743. The molecule has 2 aromatic rings. The van der Waals surface area contributed by atoms with Crippen LogP contribution in [-0.4, -0.2) is 69.6 Å². The molecule has 0 radical (unpaired) electrons. The number of carbonyl (C=O) groups excluding carboxylic acids is 1. The predicted molar refractivity (Wildman–Crippen MR) is 109 cm³/mol. The predicted octanol–water partition coefficient (Wildman–Crippen LogP) is 0.958. The fourth-order valence-corrected chi connectivity index (χ4v) is 4.44. The Kier molecular flexibility index (Phi) is 5.20. The lowest BCUT2D eigenvalue weighted by Crippen LogP contribution is -2.37. The Bertz CT molecular complexity index is 998. The van der Waals surface area contributed by atoms with Crippen LogP contribution in [0.5, 0.6) is 11.5 Å². The van der Waals surface area contributed by atoms with Crippen molar-refractivity contribution >= 4 is 5.91 Å². The van der Waals surface area contributed by atoms with Crippen molar-refractivity contribution in [3.05, 3.63) is 40.1 Å². The number of amides is 1. The molecule has 3 aliphatic heterocycles. The van der Waals surface area contributed by atoms with Gasteiger partial charge in [-0.2, -0.15) is 5.10 Å². The number of rotatable bonds is 4. The van der Waals surface area contributed by atoms with E-state index in [4.69, 9.17) is 9.47 Å². The monoisotopic (exact) mass is 413 g/mol. The first-order valence-electron chi connectivity index (χ1n) is 10.8. The third kappa shape index (κ3) is 3.69. The van der Waals surface area contributed by atoms with Crippen LogP contribution in [0.3, 0.4) is 0 Å². The number of hydrogen-bond donors (Lipinski definition) is 0. The Morgan fingerprint density at radius 3 is 2.77 bits per heavy atom. The molecule has 0 spiro atoms. The van der Waals surface area contributed by atoms with Gasteiger partial charge >= 0.3 is 5.69 Å². The molecule has 1 amide bonds. The van der Waals surface area contributed by atoms with E-state index < -0.39 is 0 Å². The largest absolute Gasteiger partial charge is 0.454 e. The van der Waals surface area contributed by atoms with Gasteiger partial charge in [-0.25, -0.2) is 9.48 Å². The maximum Gasteiger partial charge on any atom is 0.345 e. The lowest BCUT2D eigenvalue weighted by Gasteiger charge is -2.22. The van der Waals surface area contributed by atoms with Crippen LogP contribution in [-0.2, 0) is 19.5 Å². The van der Waals surface area contributed by atoms with Gasteiger partial charge in [-0.15, -0.1) is 0 Å². The number of benzene rings is 1. The Morgan fingerprint density at radius 2 is 1.87 bits per heavy atom. The average Bonchev–Trinajstić information content (AvgIpc) is 3.28. The van der Waals surface area contributed by atoms with Crippen LogP contribution in [0.15, 0.2) is 23.0 Å². The Labute approximate surface area is 174 Å². The van der Waals surface area contributed by atoms with Gasteiger partial charge in [-0.3, -0.25) is 14.3 Å². The van der Waals surface area contributed by atoms with Crippen molar-refractivity contribution in [2.75, 3.05) is 39.5 Å². The zero-order valence-corrected chi connectivity index (χ0v) is 17.1. The third-order valence-corrected chi connectivity index (χ3v) is 6.15. The van der Waals surface area contributed by atoms with Gasteiger partial charge in [0.05, 0.1) is 6.54 Å². The molecule has 5 rings (SSSR count). The second-order valence-electron chi connectivity index (χ2n) is 8.09. The van der Waals surface area contributed by atoms with Gasteiger partial charge in [0.15, 0.2) is 11.5 Å². The molecule has 30 heavy (non-hydrogen) atoms. The summed E-state index contributed by atoms with van der Waals surface area (Å²) in [4.78, 5) is 29.7. The van der Waals surface area contributed by atoms with Crippen molar-refractivity contribution in [1.82, 2.24) is 24.1 Å². The fourth-order valence-electron chi connectivity index (χ4n) is 4.44. The van der Waals surface area contributed by atoms with Crippen molar-refractivity contribution in [1.29, 1.82) is 0 Å². The zero-order valence-electron chi connectivity index (χ0n) is 17.1. The highest BCUT2D eigenvalue weighted by Gasteiger charge is 2.23. The van der Waals surface area contributed by atoms with E-state index in [1.165, 1.54) is 0 Å². The number of aromatic nitrogens is 3. The van der Waals surface area contributed by atoms with Crippen LogP contribution in [0.25, 0.3) is 0 Å². The summed E-state index contributed by atoms with van der Waals surface area (Å²) in [7, 11) is 0. The highest BCUT2D eigenvalue weighted by Crippen LogP contribution is 2.32. The van der Waals surface area contributed by atoms with Gasteiger partial charge in [0.25, 0.3) is 5.91 Å². The molecule has 9 heteroatoms. The van der Waals surface area contributed by atoms with Crippen molar-refractivity contribution < 1.29 is 14.3 Å². The van der Waals surface area contributed by atoms with E-state index in [1.807, 2.05) is 9.47 Å². The van der Waals surface area contributed by atoms with E-state index in [0.29, 0.717) is 30.2 Å². The maximum atomic E-state index is 12.9. The topological polar surface area (TPSA) is 81.8 Å². The first kappa shape index (κ1) is 19.2. The summed E-state index contributed by atoms with van der Waals surface area (Å²) in [6, 6.07) is 5.35. The molecule has 0 bridgehead atoms. The first-order chi connectivity index (χ1) is 14.7. The van der Waals surface area contributed by atoms with Gasteiger partial charge in [-0.1, -0.05) is 0 Å². The average molecular weight is 413 g/mol. The van der Waals surface area contributed by atoms with E-state index in [-0.39, 0.29) is 18.4 Å². The lowest BCUT2D eigenvalue weighted by atomic mass is 10.1. The Hall–Kier alpha value is -2.81. The molecule has 3 aliphatic rings. The van der Waals surface area contributed by atoms with Gasteiger partial charge in [0, 0.05) is 44.7 Å². The molecular formula is C21H27N5O4. The van der Waals surface area contributed by atoms with E-state index in [0.717, 1.165) is 64.2 Å². The second kappa shape index (κ2) is 8.14. The fraction of sp³-hybridized carbons (Fsp3) is 0.571. The van der Waals surface area contributed by atoms with E-state index in [9.17, 15) is 9.59 Å². The number of carbonyl (C=O) groups is 1. The van der Waals surface area contributed by atoms with Crippen molar-refractivity contribution in [2.24, 2.45) is 0 Å². The normalized spacial score (nSPS) is 18.9. The summed E-state index contributed by atoms with van der Waals surface area (Å²) in [6.45, 7) is 5.44. The molecule has 0 saturated carbocycles. The number of fused-ring (bicyclic) bond motifs is 2. The highest BCUT2D eigenvalue weighted by molar-refractivity contribution is 5.95. The van der Waals surface area contributed by atoms with Gasteiger partial charge < -0.3 is 14.4 Å². The van der Waals surface area contributed by atoms with E-state index >= 15 is 0 Å². The molecule has 0 N–H and O–H groups in total. The summed E-state index contributed by atoms with van der Waals surface area (Å²) in [5.74, 6) is 2.26. The minimum absolute atomic E-state index is 0.0131. The molecule has 4 heterocycles. The summed E-state index contributed by atoms with van der Waals surface area (Å²) in [5, 5.41) is 4.52. The third-order valence-electron chi connectivity index (χ3n) is 6.15. The summed E-state index contributed by atoms with van der Waals surface area (Å²) >= 11 is 0. The molecule has 0 aliphatic carbocycles. The van der Waals surface area contributed by atoms with Crippen LogP contribution in [0.4, 0.5) is 0 Å². The Morgan fingerprint density at radius 1 is 0.967 bits per heavy atom. The van der Waals surface area contributed by atoms with Gasteiger partial charge in [0.1, 0.15) is 5.82 Å². The summed E-state index contributed by atoms with van der Waals surface area (Å²) < 4.78 is 14.2. The molecule has 1 aromatic heterocycles. The van der Waals surface area contributed by atoms with Gasteiger partial charge in [0.2, 0.25) is 6.79 Å². The number of nitrogens with zero attached hydrogens (tertiary/aromatic N) is 5. The summed E-state index contributed by atoms with van der Waals surface area (Å²) in [6.07, 6.45) is 3.96. The number of hydrogen-bond acceptors (Lipinski definition) is 6. The van der Waals surface area contributed by atoms with Crippen molar-refractivity contribution in [2.45, 2.75) is 38.8 Å². The van der Waals surface area contributed by atoms with Crippen molar-refractivity contribution in [3.8, 4) is 11.5 Å². The van der Waals surface area contributed by atoms with Gasteiger partial charge in [-0.05, 0) is 44.0 Å². The Balaban J connectivity index is 1.18. The van der Waals surface area contributed by atoms with Crippen LogP contribution < -0.4 is 15.2 Å². The first-order valence-corrected chi connectivity index (χ1v) is 10.8. The number of aryl methyl sites for hydroxylation is 1. The SMILES string of the molecule is O=C(c1ccc2c(c1)OCO2)N1CCCN(CCn2nc3n(c2=O)CCCC3)CC1. The van der Waals surface area contributed by atoms with E-state index in [2.05, 4.69) is 10.00 Å². The molecule has 1 saturated heterocycles. The maximum absolute atomic E-state index is 12.9. The highest BCUT2D eigenvalue weighted by atomic mass is 16.7. The molecular weight excluding hydrogens is 386 g/mol. The van der Waals surface area contributed by atoms with Crippen LogP contribution in [0, 0.1) is 0 Å². The molecule has 9 nitrogen and oxygen atoms in total. The van der Waals surface area contributed by atoms with Crippen LogP contribution in [0.2, 0.25) is 0 Å².